The summed E-state index contributed by atoms with van der Waals surface area (Å²) < 4.78 is 6.91. The molecular formula is C15H21N5O2. The summed E-state index contributed by atoms with van der Waals surface area (Å²) in [5, 5.41) is 11.0. The van der Waals surface area contributed by atoms with Crippen molar-refractivity contribution in [3.8, 4) is 0 Å². The maximum Gasteiger partial charge on any atom is 0.289 e. The molecule has 1 N–H and O–H groups in total. The van der Waals surface area contributed by atoms with Crippen molar-refractivity contribution in [1.29, 1.82) is 0 Å². The Morgan fingerprint density at radius 3 is 3.00 bits per heavy atom. The summed E-state index contributed by atoms with van der Waals surface area (Å²) in [5.74, 6) is 0.487. The SMILES string of the molecule is C[C@H](CNC(=O)c1cc(C2CCCCC2)no1)n1cncn1. The van der Waals surface area contributed by atoms with E-state index in [2.05, 4.69) is 20.6 Å². The highest BCUT2D eigenvalue weighted by molar-refractivity contribution is 5.91. The first-order chi connectivity index (χ1) is 10.7. The van der Waals surface area contributed by atoms with Crippen molar-refractivity contribution in [1.82, 2.24) is 25.2 Å². The molecule has 2 heterocycles. The van der Waals surface area contributed by atoms with Crippen LogP contribution in [-0.2, 0) is 0 Å². The Kier molecular flexibility index (Phi) is 4.50. The lowest BCUT2D eigenvalue weighted by atomic mass is 9.87. The Hall–Kier alpha value is -2.18. The van der Waals surface area contributed by atoms with Crippen LogP contribution >= 0.6 is 0 Å². The van der Waals surface area contributed by atoms with Gasteiger partial charge in [0.25, 0.3) is 5.91 Å². The lowest BCUT2D eigenvalue weighted by Crippen LogP contribution is -2.29. The van der Waals surface area contributed by atoms with Gasteiger partial charge in [-0.1, -0.05) is 24.4 Å². The Balaban J connectivity index is 1.55. The van der Waals surface area contributed by atoms with E-state index in [0.717, 1.165) is 18.5 Å². The molecule has 2 aromatic rings. The fraction of sp³-hybridized carbons (Fsp3) is 0.600. The number of rotatable bonds is 5. The van der Waals surface area contributed by atoms with Gasteiger partial charge in [0.15, 0.2) is 0 Å². The van der Waals surface area contributed by atoms with Gasteiger partial charge in [-0.05, 0) is 19.8 Å². The zero-order valence-corrected chi connectivity index (χ0v) is 12.7. The summed E-state index contributed by atoms with van der Waals surface area (Å²) in [4.78, 5) is 16.0. The van der Waals surface area contributed by atoms with E-state index < -0.39 is 0 Å². The number of amides is 1. The van der Waals surface area contributed by atoms with Crippen LogP contribution < -0.4 is 5.32 Å². The average molecular weight is 303 g/mol. The van der Waals surface area contributed by atoms with Crippen molar-refractivity contribution in [2.45, 2.75) is 51.0 Å². The van der Waals surface area contributed by atoms with Gasteiger partial charge in [0.2, 0.25) is 5.76 Å². The van der Waals surface area contributed by atoms with Crippen molar-refractivity contribution in [2.75, 3.05) is 6.54 Å². The summed E-state index contributed by atoms with van der Waals surface area (Å²) in [6, 6.07) is 1.82. The predicted molar refractivity (Wildman–Crippen MR) is 79.4 cm³/mol. The van der Waals surface area contributed by atoms with Gasteiger partial charge in [0.05, 0.1) is 11.7 Å². The summed E-state index contributed by atoms with van der Waals surface area (Å²) in [6.07, 6.45) is 9.14. The first-order valence-corrected chi connectivity index (χ1v) is 7.83. The van der Waals surface area contributed by atoms with Gasteiger partial charge in [-0.3, -0.25) is 4.79 Å². The highest BCUT2D eigenvalue weighted by Crippen LogP contribution is 2.32. The van der Waals surface area contributed by atoms with Gasteiger partial charge >= 0.3 is 0 Å². The van der Waals surface area contributed by atoms with E-state index in [4.69, 9.17) is 4.52 Å². The molecule has 0 saturated heterocycles. The molecule has 0 bridgehead atoms. The second kappa shape index (κ2) is 6.72. The molecule has 0 unspecified atom stereocenters. The van der Waals surface area contributed by atoms with Crippen LogP contribution in [-0.4, -0.2) is 32.4 Å². The van der Waals surface area contributed by atoms with Crippen LogP contribution in [0.2, 0.25) is 0 Å². The summed E-state index contributed by atoms with van der Waals surface area (Å²) in [5.41, 5.74) is 0.911. The fourth-order valence-corrected chi connectivity index (χ4v) is 2.85. The first-order valence-electron chi connectivity index (χ1n) is 7.83. The zero-order chi connectivity index (χ0) is 15.4. The third-order valence-corrected chi connectivity index (χ3v) is 4.22. The van der Waals surface area contributed by atoms with Gasteiger partial charge in [0.1, 0.15) is 12.7 Å². The molecule has 1 saturated carbocycles. The van der Waals surface area contributed by atoms with Crippen molar-refractivity contribution < 1.29 is 9.32 Å². The van der Waals surface area contributed by atoms with Crippen LogP contribution in [0.1, 0.15) is 67.2 Å². The lowest BCUT2D eigenvalue weighted by molar-refractivity contribution is 0.0910. The van der Waals surface area contributed by atoms with Crippen molar-refractivity contribution >= 4 is 5.91 Å². The van der Waals surface area contributed by atoms with Gasteiger partial charge in [-0.25, -0.2) is 9.67 Å². The Bertz CT molecular complexity index is 601. The van der Waals surface area contributed by atoms with Gasteiger partial charge < -0.3 is 9.84 Å². The zero-order valence-electron chi connectivity index (χ0n) is 12.7. The molecule has 0 aromatic carbocycles. The number of carbonyl (C=O) groups excluding carboxylic acids is 1. The molecule has 3 rings (SSSR count). The van der Waals surface area contributed by atoms with Crippen LogP contribution in [0.3, 0.4) is 0 Å². The standard InChI is InChI=1S/C15H21N5O2/c1-11(20-10-16-9-18-20)8-17-15(21)14-7-13(19-22-14)12-5-3-2-4-6-12/h7,9-12H,2-6,8H2,1H3,(H,17,21)/t11-/m1/s1. The summed E-state index contributed by atoms with van der Waals surface area (Å²) in [7, 11) is 0. The van der Waals surface area contributed by atoms with Crippen molar-refractivity contribution in [3.05, 3.63) is 30.2 Å². The van der Waals surface area contributed by atoms with E-state index in [-0.39, 0.29) is 17.7 Å². The molecule has 22 heavy (non-hydrogen) atoms. The highest BCUT2D eigenvalue weighted by atomic mass is 16.5. The normalized spacial score (nSPS) is 17.3. The lowest BCUT2D eigenvalue weighted by Gasteiger charge is -2.18. The molecule has 0 spiro atoms. The van der Waals surface area contributed by atoms with E-state index in [9.17, 15) is 4.79 Å². The smallest absolute Gasteiger partial charge is 0.289 e. The number of carbonyl (C=O) groups is 1. The van der Waals surface area contributed by atoms with Crippen LogP contribution in [0, 0.1) is 0 Å². The minimum Gasteiger partial charge on any atom is -0.351 e. The number of hydrogen-bond acceptors (Lipinski definition) is 5. The monoisotopic (exact) mass is 303 g/mol. The molecule has 0 aliphatic heterocycles. The van der Waals surface area contributed by atoms with Gasteiger partial charge in [0, 0.05) is 18.5 Å². The molecule has 1 atom stereocenters. The largest absolute Gasteiger partial charge is 0.351 e. The third kappa shape index (κ3) is 3.35. The molecule has 1 amide bonds. The number of hydrogen-bond donors (Lipinski definition) is 1. The quantitative estimate of drug-likeness (QED) is 0.916. The molecule has 0 radical (unpaired) electrons. The molecule has 7 heteroatoms. The molecule has 1 aliphatic rings. The van der Waals surface area contributed by atoms with Crippen LogP contribution in [0.4, 0.5) is 0 Å². The molecule has 7 nitrogen and oxygen atoms in total. The Morgan fingerprint density at radius 1 is 1.45 bits per heavy atom. The number of aromatic nitrogens is 4. The minimum atomic E-state index is -0.235. The van der Waals surface area contributed by atoms with E-state index in [1.165, 1.54) is 25.6 Å². The topological polar surface area (TPSA) is 85.8 Å². The summed E-state index contributed by atoms with van der Waals surface area (Å²) in [6.45, 7) is 2.42. The first kappa shape index (κ1) is 14.7. The molecule has 1 fully saturated rings. The van der Waals surface area contributed by atoms with Crippen LogP contribution in [0.5, 0.6) is 0 Å². The van der Waals surface area contributed by atoms with Crippen molar-refractivity contribution in [3.63, 3.8) is 0 Å². The Morgan fingerprint density at radius 2 is 2.27 bits per heavy atom. The predicted octanol–water partition coefficient (Wildman–Crippen LogP) is 2.30. The fourth-order valence-electron chi connectivity index (χ4n) is 2.85. The third-order valence-electron chi connectivity index (χ3n) is 4.22. The van der Waals surface area contributed by atoms with E-state index >= 15 is 0 Å². The number of nitrogens with zero attached hydrogens (tertiary/aromatic N) is 4. The van der Waals surface area contributed by atoms with E-state index in [1.807, 2.05) is 6.92 Å². The molecular weight excluding hydrogens is 282 g/mol. The average Bonchev–Trinajstić information content (AvgIpc) is 3.24. The molecule has 1 aliphatic carbocycles. The maximum absolute atomic E-state index is 12.1. The van der Waals surface area contributed by atoms with Crippen molar-refractivity contribution in [2.24, 2.45) is 0 Å². The molecule has 2 aromatic heterocycles. The van der Waals surface area contributed by atoms with E-state index in [1.54, 1.807) is 17.1 Å². The van der Waals surface area contributed by atoms with Crippen LogP contribution in [0.25, 0.3) is 0 Å². The minimum absolute atomic E-state index is 0.0344. The summed E-state index contributed by atoms with van der Waals surface area (Å²) >= 11 is 0. The Labute approximate surface area is 129 Å². The van der Waals surface area contributed by atoms with Crippen LogP contribution in [0.15, 0.2) is 23.2 Å². The number of nitrogens with one attached hydrogen (secondary N) is 1. The highest BCUT2D eigenvalue weighted by Gasteiger charge is 2.21. The van der Waals surface area contributed by atoms with E-state index in [0.29, 0.717) is 12.5 Å². The maximum atomic E-state index is 12.1. The van der Waals surface area contributed by atoms with Gasteiger partial charge in [-0.2, -0.15) is 5.10 Å². The second-order valence-electron chi connectivity index (χ2n) is 5.89. The van der Waals surface area contributed by atoms with Gasteiger partial charge in [-0.15, -0.1) is 0 Å². The molecule has 118 valence electrons. The second-order valence-corrected chi connectivity index (χ2v) is 5.89.